The lowest BCUT2D eigenvalue weighted by atomic mass is 9.93. The van der Waals surface area contributed by atoms with Crippen LogP contribution >= 0.6 is 11.6 Å². The lowest BCUT2D eigenvalue weighted by molar-refractivity contribution is 0.186. The minimum atomic E-state index is 0.538. The maximum atomic E-state index is 6.40. The third kappa shape index (κ3) is 6.22. The molecule has 4 heterocycles. The number of ether oxygens (including phenoxy) is 2. The Morgan fingerprint density at radius 3 is 2.42 bits per heavy atom. The fourth-order valence-corrected chi connectivity index (χ4v) is 6.20. The van der Waals surface area contributed by atoms with Crippen molar-refractivity contribution in [3.63, 3.8) is 0 Å². The summed E-state index contributed by atoms with van der Waals surface area (Å²) >= 11 is 6.40. The Morgan fingerprint density at radius 2 is 1.71 bits per heavy atom. The van der Waals surface area contributed by atoms with Gasteiger partial charge >= 0.3 is 0 Å². The van der Waals surface area contributed by atoms with Crippen LogP contribution in [-0.2, 0) is 0 Å². The summed E-state index contributed by atoms with van der Waals surface area (Å²) in [4.78, 5) is 9.98. The maximum Gasteiger partial charge on any atom is 0.141 e. The normalized spacial score (nSPS) is 17.8. The lowest BCUT2D eigenvalue weighted by Crippen LogP contribution is -2.38. The molecule has 5 rings (SSSR count). The monoisotopic (exact) mass is 539 g/mol. The Kier molecular flexibility index (Phi) is 8.97. The molecule has 0 atom stereocenters. The molecule has 2 aliphatic rings. The molecule has 206 valence electrons. The van der Waals surface area contributed by atoms with E-state index in [0.29, 0.717) is 16.5 Å². The number of hydrogen-bond acceptors (Lipinski definition) is 6. The Morgan fingerprint density at radius 1 is 0.974 bits per heavy atom. The number of imidazole rings is 1. The zero-order valence-corrected chi connectivity index (χ0v) is 23.8. The van der Waals surface area contributed by atoms with Gasteiger partial charge in [-0.1, -0.05) is 18.5 Å². The average molecular weight is 540 g/mol. The lowest BCUT2D eigenvalue weighted by Gasteiger charge is -2.34. The molecule has 7 nitrogen and oxygen atoms in total. The summed E-state index contributed by atoms with van der Waals surface area (Å²) in [7, 11) is 3.25. The van der Waals surface area contributed by atoms with Gasteiger partial charge < -0.3 is 29.0 Å². The van der Waals surface area contributed by atoms with Crippen LogP contribution in [-0.4, -0.2) is 74.3 Å². The van der Waals surface area contributed by atoms with Crippen molar-refractivity contribution in [2.75, 3.05) is 64.9 Å². The molecule has 0 aliphatic carbocycles. The van der Waals surface area contributed by atoms with E-state index in [1.54, 1.807) is 14.2 Å². The second kappa shape index (κ2) is 12.6. The standard InChI is InChI=1S/C30H42ClN5O2/c1-4-34-12-6-22(7-13-34)5-11-32-20-23-8-14-35(15-9-23)24-10-16-36-21-27(33-30(36)17-24)25-18-26(31)29(38-3)19-28(25)37-2/h10,16-19,21-23,32H,4-9,11-15,20H2,1-3H3. The van der Waals surface area contributed by atoms with Gasteiger partial charge in [0.2, 0.25) is 0 Å². The average Bonchev–Trinajstić information content (AvgIpc) is 3.39. The van der Waals surface area contributed by atoms with Crippen molar-refractivity contribution < 1.29 is 9.47 Å². The summed E-state index contributed by atoms with van der Waals surface area (Å²) in [6.07, 6.45) is 10.7. The maximum absolute atomic E-state index is 6.40. The van der Waals surface area contributed by atoms with E-state index in [9.17, 15) is 0 Å². The van der Waals surface area contributed by atoms with Gasteiger partial charge in [0.15, 0.2) is 0 Å². The Bertz CT molecular complexity index is 1200. The molecule has 2 aromatic heterocycles. The van der Waals surface area contributed by atoms with Gasteiger partial charge in [0.1, 0.15) is 17.1 Å². The number of pyridine rings is 1. The van der Waals surface area contributed by atoms with Crippen molar-refractivity contribution in [2.24, 2.45) is 11.8 Å². The number of methoxy groups -OCH3 is 2. The van der Waals surface area contributed by atoms with Gasteiger partial charge in [-0.05, 0) is 88.8 Å². The minimum Gasteiger partial charge on any atom is -0.496 e. The van der Waals surface area contributed by atoms with E-state index in [2.05, 4.69) is 44.8 Å². The second-order valence-corrected chi connectivity index (χ2v) is 11.2. The second-order valence-electron chi connectivity index (χ2n) is 10.8. The molecule has 2 aliphatic heterocycles. The molecule has 0 amide bonds. The summed E-state index contributed by atoms with van der Waals surface area (Å²) in [6.45, 7) is 10.6. The molecule has 0 radical (unpaired) electrons. The molecule has 3 aromatic rings. The first kappa shape index (κ1) is 27.1. The summed E-state index contributed by atoms with van der Waals surface area (Å²) in [6, 6.07) is 8.04. The zero-order valence-electron chi connectivity index (χ0n) is 23.1. The largest absolute Gasteiger partial charge is 0.496 e. The fourth-order valence-electron chi connectivity index (χ4n) is 5.96. The molecule has 2 saturated heterocycles. The smallest absolute Gasteiger partial charge is 0.141 e. The highest BCUT2D eigenvalue weighted by Crippen LogP contribution is 2.38. The Labute approximate surface area is 232 Å². The Balaban J connectivity index is 1.14. The summed E-state index contributed by atoms with van der Waals surface area (Å²) < 4.78 is 13.0. The van der Waals surface area contributed by atoms with Crippen LogP contribution in [0, 0.1) is 11.8 Å². The van der Waals surface area contributed by atoms with Gasteiger partial charge in [-0.3, -0.25) is 0 Å². The molecule has 2 fully saturated rings. The van der Waals surface area contributed by atoms with Crippen molar-refractivity contribution in [3.05, 3.63) is 41.7 Å². The van der Waals surface area contributed by atoms with Crippen LogP contribution in [0.4, 0.5) is 5.69 Å². The van der Waals surface area contributed by atoms with E-state index >= 15 is 0 Å². The summed E-state index contributed by atoms with van der Waals surface area (Å²) in [5, 5.41) is 4.31. The zero-order chi connectivity index (χ0) is 26.5. The molecular formula is C30H42ClN5O2. The van der Waals surface area contributed by atoms with Gasteiger partial charge in [0, 0.05) is 48.9 Å². The number of halogens is 1. The van der Waals surface area contributed by atoms with Crippen LogP contribution in [0.25, 0.3) is 16.9 Å². The third-order valence-corrected chi connectivity index (χ3v) is 8.79. The van der Waals surface area contributed by atoms with Crippen molar-refractivity contribution in [1.82, 2.24) is 19.6 Å². The van der Waals surface area contributed by atoms with E-state index in [1.165, 1.54) is 64.0 Å². The molecular weight excluding hydrogens is 498 g/mol. The number of fused-ring (bicyclic) bond motifs is 1. The predicted octanol–water partition coefficient (Wildman–Crippen LogP) is 5.60. The van der Waals surface area contributed by atoms with Gasteiger partial charge in [0.05, 0.1) is 24.9 Å². The summed E-state index contributed by atoms with van der Waals surface area (Å²) in [5.41, 5.74) is 3.83. The predicted molar refractivity (Wildman–Crippen MR) is 156 cm³/mol. The van der Waals surface area contributed by atoms with Gasteiger partial charge in [-0.2, -0.15) is 0 Å². The number of nitrogens with zero attached hydrogens (tertiary/aromatic N) is 4. The van der Waals surface area contributed by atoms with E-state index in [0.717, 1.165) is 48.4 Å². The van der Waals surface area contributed by atoms with Gasteiger partial charge in [-0.15, -0.1) is 0 Å². The van der Waals surface area contributed by atoms with Crippen molar-refractivity contribution in [1.29, 1.82) is 0 Å². The van der Waals surface area contributed by atoms with Gasteiger partial charge in [0.25, 0.3) is 0 Å². The highest BCUT2D eigenvalue weighted by molar-refractivity contribution is 6.32. The van der Waals surface area contributed by atoms with Crippen LogP contribution in [0.3, 0.4) is 0 Å². The van der Waals surface area contributed by atoms with Crippen LogP contribution in [0.5, 0.6) is 11.5 Å². The van der Waals surface area contributed by atoms with Crippen molar-refractivity contribution in [2.45, 2.75) is 39.0 Å². The molecule has 0 bridgehead atoms. The number of anilines is 1. The van der Waals surface area contributed by atoms with E-state index in [4.69, 9.17) is 26.1 Å². The SMILES string of the molecule is CCN1CCC(CCNCC2CCN(c3ccn4cc(-c5cc(Cl)c(OC)cc5OC)nc4c3)CC2)CC1. The first-order chi connectivity index (χ1) is 18.6. The van der Waals surface area contributed by atoms with Crippen LogP contribution in [0.15, 0.2) is 36.7 Å². The Hall–Kier alpha value is -2.48. The molecule has 1 aromatic carbocycles. The highest BCUT2D eigenvalue weighted by atomic mass is 35.5. The number of nitrogens with one attached hydrogen (secondary N) is 1. The highest BCUT2D eigenvalue weighted by Gasteiger charge is 2.21. The van der Waals surface area contributed by atoms with E-state index in [-0.39, 0.29) is 0 Å². The molecule has 0 saturated carbocycles. The minimum absolute atomic E-state index is 0.538. The number of piperidine rings is 2. The van der Waals surface area contributed by atoms with E-state index < -0.39 is 0 Å². The molecule has 0 spiro atoms. The molecule has 1 N–H and O–H groups in total. The van der Waals surface area contributed by atoms with Crippen molar-refractivity contribution in [3.8, 4) is 22.8 Å². The van der Waals surface area contributed by atoms with Crippen LogP contribution in [0.2, 0.25) is 5.02 Å². The van der Waals surface area contributed by atoms with Crippen LogP contribution < -0.4 is 19.7 Å². The van der Waals surface area contributed by atoms with Crippen molar-refractivity contribution >= 4 is 22.9 Å². The number of aromatic nitrogens is 2. The molecule has 38 heavy (non-hydrogen) atoms. The molecule has 0 unspecified atom stereocenters. The topological polar surface area (TPSA) is 54.3 Å². The van der Waals surface area contributed by atoms with Gasteiger partial charge in [-0.25, -0.2) is 4.98 Å². The summed E-state index contributed by atoms with van der Waals surface area (Å²) in [5.74, 6) is 2.95. The number of benzene rings is 1. The number of likely N-dealkylation sites (tertiary alicyclic amines) is 1. The first-order valence-electron chi connectivity index (χ1n) is 14.2. The first-order valence-corrected chi connectivity index (χ1v) is 14.5. The van der Waals surface area contributed by atoms with E-state index in [1.807, 2.05) is 18.3 Å². The number of rotatable bonds is 10. The fraction of sp³-hybridized carbons (Fsp3) is 0.567. The number of hydrogen-bond donors (Lipinski definition) is 1. The van der Waals surface area contributed by atoms with Crippen LogP contribution in [0.1, 0.15) is 39.0 Å². The third-order valence-electron chi connectivity index (χ3n) is 8.49. The quantitative estimate of drug-likeness (QED) is 0.338. The molecule has 8 heteroatoms.